The summed E-state index contributed by atoms with van der Waals surface area (Å²) in [6.45, 7) is 4.75. The first kappa shape index (κ1) is 17.3. The number of rotatable bonds is 5. The number of nitrogens with zero attached hydrogens (tertiary/aromatic N) is 1. The molecule has 1 atom stereocenters. The van der Waals surface area contributed by atoms with Crippen molar-refractivity contribution < 1.29 is 13.2 Å². The molecule has 22 heavy (non-hydrogen) atoms. The van der Waals surface area contributed by atoms with Gasteiger partial charge < -0.3 is 10.2 Å². The molecule has 0 radical (unpaired) electrons. The van der Waals surface area contributed by atoms with Crippen LogP contribution in [-0.2, 0) is 9.84 Å². The number of urea groups is 1. The summed E-state index contributed by atoms with van der Waals surface area (Å²) < 4.78 is 23.8. The highest BCUT2D eigenvalue weighted by molar-refractivity contribution is 7.92. The van der Waals surface area contributed by atoms with Crippen LogP contribution in [0.25, 0.3) is 0 Å². The van der Waals surface area contributed by atoms with Crippen LogP contribution in [0, 0.1) is 0 Å². The van der Waals surface area contributed by atoms with E-state index in [1.165, 1.54) is 0 Å². The van der Waals surface area contributed by atoms with E-state index >= 15 is 0 Å². The molecule has 1 aliphatic rings. The Kier molecular flexibility index (Phi) is 5.86. The van der Waals surface area contributed by atoms with E-state index in [0.29, 0.717) is 25.9 Å². The minimum absolute atomic E-state index is 0.0320. The molecule has 2 rings (SSSR count). The number of sulfone groups is 1. The summed E-state index contributed by atoms with van der Waals surface area (Å²) in [5, 5.41) is 4.77. The second kappa shape index (κ2) is 7.46. The maximum absolute atomic E-state index is 12.4. The zero-order chi connectivity index (χ0) is 16.2. The van der Waals surface area contributed by atoms with Gasteiger partial charge in [-0.1, -0.05) is 19.9 Å². The fourth-order valence-corrected chi connectivity index (χ4v) is 5.02. The summed E-state index contributed by atoms with van der Waals surface area (Å²) in [5.74, 6) is 0.181. The number of nitrogens with one attached hydrogen (secondary N) is 1. The second-order valence-corrected chi connectivity index (χ2v) is 9.11. The Labute approximate surface area is 136 Å². The third-order valence-electron chi connectivity index (χ3n) is 4.23. The quantitative estimate of drug-likeness (QED) is 0.893. The summed E-state index contributed by atoms with van der Waals surface area (Å²) >= 11 is 1.64. The number of carbonyl (C=O) groups excluding carboxylic acids is 1. The Bertz CT molecular complexity index is 576. The standard InChI is InChI=1S/C15H24N2O3S2/c1-3-13(14-6-5-11-21-14)16-15(18)17-9-7-12(8-10-17)22(19,20)4-2/h5-6,11-13H,3-4,7-10H2,1-2H3,(H,16,18)/t13-/m0/s1. The van der Waals surface area contributed by atoms with Crippen molar-refractivity contribution in [2.24, 2.45) is 0 Å². The molecule has 2 heterocycles. The van der Waals surface area contributed by atoms with Crippen LogP contribution in [0.1, 0.15) is 44.0 Å². The van der Waals surface area contributed by atoms with Crippen LogP contribution in [-0.4, -0.2) is 43.4 Å². The van der Waals surface area contributed by atoms with Crippen molar-refractivity contribution in [2.45, 2.75) is 44.4 Å². The van der Waals surface area contributed by atoms with Gasteiger partial charge in [-0.3, -0.25) is 0 Å². The Morgan fingerprint density at radius 1 is 1.41 bits per heavy atom. The normalized spacial score (nSPS) is 18.2. The molecule has 0 aliphatic carbocycles. The van der Waals surface area contributed by atoms with Crippen molar-refractivity contribution in [1.29, 1.82) is 0 Å². The number of likely N-dealkylation sites (tertiary alicyclic amines) is 1. The predicted molar refractivity (Wildman–Crippen MR) is 89.9 cm³/mol. The highest BCUT2D eigenvalue weighted by atomic mass is 32.2. The van der Waals surface area contributed by atoms with Gasteiger partial charge in [-0.2, -0.15) is 0 Å². The monoisotopic (exact) mass is 344 g/mol. The third kappa shape index (κ3) is 4.01. The fourth-order valence-electron chi connectivity index (χ4n) is 2.76. The number of thiophene rings is 1. The molecular formula is C15H24N2O3S2. The van der Waals surface area contributed by atoms with Crippen molar-refractivity contribution in [1.82, 2.24) is 10.2 Å². The van der Waals surface area contributed by atoms with Gasteiger partial charge in [-0.15, -0.1) is 11.3 Å². The zero-order valence-corrected chi connectivity index (χ0v) is 14.8. The average molecular weight is 345 g/mol. The second-order valence-electron chi connectivity index (χ2n) is 5.56. The van der Waals surface area contributed by atoms with E-state index in [1.54, 1.807) is 23.2 Å². The first-order valence-electron chi connectivity index (χ1n) is 7.78. The Hall–Kier alpha value is -1.08. The summed E-state index contributed by atoms with van der Waals surface area (Å²) in [6, 6.07) is 3.95. The molecule has 1 aromatic heterocycles. The lowest BCUT2D eigenvalue weighted by Crippen LogP contribution is -2.47. The Balaban J connectivity index is 1.90. The molecule has 0 saturated carbocycles. The minimum atomic E-state index is -2.99. The highest BCUT2D eigenvalue weighted by Gasteiger charge is 2.30. The molecule has 2 amide bonds. The summed E-state index contributed by atoms with van der Waals surface area (Å²) in [4.78, 5) is 15.2. The van der Waals surface area contributed by atoms with Gasteiger partial charge in [0.05, 0.1) is 11.3 Å². The van der Waals surface area contributed by atoms with Gasteiger partial charge in [0, 0.05) is 23.7 Å². The van der Waals surface area contributed by atoms with Gasteiger partial charge in [0.15, 0.2) is 9.84 Å². The summed E-state index contributed by atoms with van der Waals surface area (Å²) in [5.41, 5.74) is 0. The van der Waals surface area contributed by atoms with E-state index < -0.39 is 9.84 Å². The van der Waals surface area contributed by atoms with Gasteiger partial charge in [0.2, 0.25) is 0 Å². The molecule has 1 fully saturated rings. The molecule has 1 aromatic rings. The van der Waals surface area contributed by atoms with Gasteiger partial charge in [-0.05, 0) is 30.7 Å². The van der Waals surface area contributed by atoms with E-state index in [2.05, 4.69) is 5.32 Å². The van der Waals surface area contributed by atoms with E-state index in [9.17, 15) is 13.2 Å². The van der Waals surface area contributed by atoms with E-state index in [-0.39, 0.29) is 23.1 Å². The first-order valence-corrected chi connectivity index (χ1v) is 10.4. The van der Waals surface area contributed by atoms with Crippen molar-refractivity contribution in [3.05, 3.63) is 22.4 Å². The molecule has 0 spiro atoms. The van der Waals surface area contributed by atoms with Gasteiger partial charge >= 0.3 is 6.03 Å². The van der Waals surface area contributed by atoms with E-state index in [4.69, 9.17) is 0 Å². The van der Waals surface area contributed by atoms with Crippen LogP contribution >= 0.6 is 11.3 Å². The SMILES string of the molecule is CC[C@H](NC(=O)N1CCC(S(=O)(=O)CC)CC1)c1cccs1. The molecule has 5 nitrogen and oxygen atoms in total. The van der Waals surface area contributed by atoms with Crippen LogP contribution in [0.5, 0.6) is 0 Å². The molecule has 7 heteroatoms. The summed E-state index contributed by atoms with van der Waals surface area (Å²) in [7, 11) is -2.99. The molecule has 0 unspecified atom stereocenters. The van der Waals surface area contributed by atoms with Crippen LogP contribution < -0.4 is 5.32 Å². The molecular weight excluding hydrogens is 320 g/mol. The third-order valence-corrected chi connectivity index (χ3v) is 7.51. The molecule has 1 aliphatic heterocycles. The van der Waals surface area contributed by atoms with Crippen LogP contribution in [0.15, 0.2) is 17.5 Å². The first-order chi connectivity index (χ1) is 10.5. The summed E-state index contributed by atoms with van der Waals surface area (Å²) in [6.07, 6.45) is 1.92. The smallest absolute Gasteiger partial charge is 0.317 e. The molecule has 124 valence electrons. The number of hydrogen-bond donors (Lipinski definition) is 1. The van der Waals surface area contributed by atoms with Crippen molar-refractivity contribution in [3.63, 3.8) is 0 Å². The average Bonchev–Trinajstić information content (AvgIpc) is 3.06. The predicted octanol–water partition coefficient (Wildman–Crippen LogP) is 2.81. The molecule has 0 aromatic carbocycles. The minimum Gasteiger partial charge on any atom is -0.330 e. The van der Waals surface area contributed by atoms with Crippen LogP contribution in [0.3, 0.4) is 0 Å². The zero-order valence-electron chi connectivity index (χ0n) is 13.1. The van der Waals surface area contributed by atoms with Gasteiger partial charge in [0.1, 0.15) is 0 Å². The van der Waals surface area contributed by atoms with Crippen molar-refractivity contribution in [2.75, 3.05) is 18.8 Å². The Morgan fingerprint density at radius 3 is 2.59 bits per heavy atom. The maximum atomic E-state index is 12.4. The number of amides is 2. The van der Waals surface area contributed by atoms with Gasteiger partial charge in [0.25, 0.3) is 0 Å². The van der Waals surface area contributed by atoms with E-state index in [0.717, 1.165) is 11.3 Å². The number of piperidine rings is 1. The number of hydrogen-bond acceptors (Lipinski definition) is 4. The van der Waals surface area contributed by atoms with Crippen LogP contribution in [0.2, 0.25) is 0 Å². The maximum Gasteiger partial charge on any atom is 0.317 e. The number of carbonyl (C=O) groups is 1. The fraction of sp³-hybridized carbons (Fsp3) is 0.667. The lowest BCUT2D eigenvalue weighted by molar-refractivity contribution is 0.182. The van der Waals surface area contributed by atoms with E-state index in [1.807, 2.05) is 24.4 Å². The van der Waals surface area contributed by atoms with Crippen molar-refractivity contribution >= 4 is 27.2 Å². The Morgan fingerprint density at radius 2 is 2.09 bits per heavy atom. The van der Waals surface area contributed by atoms with Crippen molar-refractivity contribution in [3.8, 4) is 0 Å². The highest BCUT2D eigenvalue weighted by Crippen LogP contribution is 2.23. The molecule has 1 saturated heterocycles. The lowest BCUT2D eigenvalue weighted by Gasteiger charge is -2.32. The van der Waals surface area contributed by atoms with Crippen LogP contribution in [0.4, 0.5) is 4.79 Å². The van der Waals surface area contributed by atoms with Gasteiger partial charge in [-0.25, -0.2) is 13.2 Å². The molecule has 0 bridgehead atoms. The lowest BCUT2D eigenvalue weighted by atomic mass is 10.1. The molecule has 1 N–H and O–H groups in total. The topological polar surface area (TPSA) is 66.5 Å². The largest absolute Gasteiger partial charge is 0.330 e.